The molecular weight excluding hydrogens is 268 g/mol. The van der Waals surface area contributed by atoms with Crippen LogP contribution in [0.25, 0.3) is 0 Å². The van der Waals surface area contributed by atoms with Crippen LogP contribution in [-0.4, -0.2) is 61.9 Å². The van der Waals surface area contributed by atoms with Crippen LogP contribution >= 0.6 is 0 Å². The van der Waals surface area contributed by atoms with Gasteiger partial charge in [-0.1, -0.05) is 0 Å². The van der Waals surface area contributed by atoms with Crippen LogP contribution < -0.4 is 5.32 Å². The van der Waals surface area contributed by atoms with E-state index < -0.39 is 5.54 Å². The fourth-order valence-corrected chi connectivity index (χ4v) is 3.38. The molecular formula is C16H30N2O3. The number of ether oxygens (including phenoxy) is 2. The minimum atomic E-state index is -0.576. The third-order valence-electron chi connectivity index (χ3n) is 4.87. The van der Waals surface area contributed by atoms with Gasteiger partial charge in [-0.05, 0) is 46.0 Å². The minimum absolute atomic E-state index is 0.145. The van der Waals surface area contributed by atoms with E-state index in [0.717, 1.165) is 32.4 Å². The van der Waals surface area contributed by atoms with E-state index in [0.29, 0.717) is 18.2 Å². The molecule has 2 unspecified atom stereocenters. The van der Waals surface area contributed by atoms with Crippen molar-refractivity contribution in [3.05, 3.63) is 0 Å². The number of piperidine rings is 1. The van der Waals surface area contributed by atoms with E-state index in [4.69, 9.17) is 9.47 Å². The third kappa shape index (κ3) is 4.41. The summed E-state index contributed by atoms with van der Waals surface area (Å²) in [6, 6.07) is 0.846. The van der Waals surface area contributed by atoms with Crippen LogP contribution in [0.1, 0.15) is 46.0 Å². The Kier molecular flexibility index (Phi) is 5.63. The largest absolute Gasteiger partial charge is 0.468 e. The minimum Gasteiger partial charge on any atom is -0.468 e. The van der Waals surface area contributed by atoms with E-state index in [2.05, 4.69) is 17.1 Å². The summed E-state index contributed by atoms with van der Waals surface area (Å²) in [5.41, 5.74) is -0.576. The summed E-state index contributed by atoms with van der Waals surface area (Å²) in [6.07, 6.45) is 5.66. The summed E-state index contributed by atoms with van der Waals surface area (Å²) in [7, 11) is 3.27. The number of rotatable bonds is 7. The highest BCUT2D eigenvalue weighted by Gasteiger charge is 2.41. The molecule has 5 heteroatoms. The van der Waals surface area contributed by atoms with E-state index >= 15 is 0 Å². The molecule has 0 aromatic heterocycles. The lowest BCUT2D eigenvalue weighted by atomic mass is 9.91. The highest BCUT2D eigenvalue weighted by atomic mass is 16.5. The maximum absolute atomic E-state index is 12.2. The number of methoxy groups -OCH3 is 2. The molecule has 0 bridgehead atoms. The molecule has 2 fully saturated rings. The van der Waals surface area contributed by atoms with Gasteiger partial charge in [-0.15, -0.1) is 0 Å². The van der Waals surface area contributed by atoms with Crippen LogP contribution in [0.5, 0.6) is 0 Å². The van der Waals surface area contributed by atoms with Crippen LogP contribution in [0.2, 0.25) is 0 Å². The summed E-state index contributed by atoms with van der Waals surface area (Å²) in [4.78, 5) is 14.7. The SMILES string of the molecule is COC(=O)C(C)(CC(C)N1CCC(OC)CC1)NC1CC1. The summed E-state index contributed by atoms with van der Waals surface area (Å²) in [6.45, 7) is 6.28. The van der Waals surface area contributed by atoms with Crippen LogP contribution in [0, 0.1) is 0 Å². The maximum atomic E-state index is 12.2. The normalized spacial score (nSPS) is 25.3. The molecule has 0 amide bonds. The van der Waals surface area contributed by atoms with E-state index in [1.54, 1.807) is 7.11 Å². The molecule has 1 N–H and O–H groups in total. The van der Waals surface area contributed by atoms with Crippen LogP contribution in [0.3, 0.4) is 0 Å². The highest BCUT2D eigenvalue weighted by Crippen LogP contribution is 2.27. The summed E-state index contributed by atoms with van der Waals surface area (Å²) >= 11 is 0. The predicted molar refractivity (Wildman–Crippen MR) is 82.3 cm³/mol. The van der Waals surface area contributed by atoms with Gasteiger partial charge in [-0.3, -0.25) is 10.1 Å². The Bertz CT molecular complexity index is 351. The van der Waals surface area contributed by atoms with E-state index in [-0.39, 0.29) is 5.97 Å². The fourth-order valence-electron chi connectivity index (χ4n) is 3.38. The van der Waals surface area contributed by atoms with Gasteiger partial charge in [-0.2, -0.15) is 0 Å². The van der Waals surface area contributed by atoms with Crippen LogP contribution in [-0.2, 0) is 14.3 Å². The number of carbonyl (C=O) groups is 1. The van der Waals surface area contributed by atoms with Crippen molar-refractivity contribution in [2.45, 2.75) is 69.7 Å². The molecule has 2 rings (SSSR count). The molecule has 1 aliphatic heterocycles. The summed E-state index contributed by atoms with van der Waals surface area (Å²) < 4.78 is 10.5. The van der Waals surface area contributed by atoms with Gasteiger partial charge in [-0.25, -0.2) is 0 Å². The van der Waals surface area contributed by atoms with E-state index in [1.807, 2.05) is 6.92 Å². The molecule has 1 saturated carbocycles. The molecule has 0 aromatic rings. The lowest BCUT2D eigenvalue weighted by Gasteiger charge is -2.39. The quantitative estimate of drug-likeness (QED) is 0.723. The molecule has 1 aliphatic carbocycles. The number of esters is 1. The van der Waals surface area contributed by atoms with Gasteiger partial charge in [0.25, 0.3) is 0 Å². The zero-order valence-corrected chi connectivity index (χ0v) is 13.9. The fraction of sp³-hybridized carbons (Fsp3) is 0.938. The molecule has 122 valence electrons. The Morgan fingerprint density at radius 1 is 1.29 bits per heavy atom. The van der Waals surface area contributed by atoms with Gasteiger partial charge in [0.05, 0.1) is 13.2 Å². The first kappa shape index (κ1) is 16.7. The van der Waals surface area contributed by atoms with Crippen molar-refractivity contribution in [3.63, 3.8) is 0 Å². The van der Waals surface area contributed by atoms with Crippen molar-refractivity contribution in [2.75, 3.05) is 27.3 Å². The lowest BCUT2D eigenvalue weighted by Crippen LogP contribution is -2.55. The van der Waals surface area contributed by atoms with Crippen LogP contribution in [0.4, 0.5) is 0 Å². The van der Waals surface area contributed by atoms with E-state index in [1.165, 1.54) is 20.0 Å². The Morgan fingerprint density at radius 3 is 2.38 bits per heavy atom. The van der Waals surface area contributed by atoms with Gasteiger partial charge in [0.1, 0.15) is 5.54 Å². The Balaban J connectivity index is 1.91. The molecule has 0 radical (unpaired) electrons. The number of nitrogens with zero attached hydrogens (tertiary/aromatic N) is 1. The first-order valence-corrected chi connectivity index (χ1v) is 8.11. The molecule has 0 aromatic carbocycles. The number of carbonyl (C=O) groups excluding carboxylic acids is 1. The zero-order valence-electron chi connectivity index (χ0n) is 13.9. The topological polar surface area (TPSA) is 50.8 Å². The number of nitrogens with one attached hydrogen (secondary N) is 1. The first-order chi connectivity index (χ1) is 9.98. The summed E-state index contributed by atoms with van der Waals surface area (Å²) in [5.74, 6) is -0.145. The molecule has 1 heterocycles. The average molecular weight is 298 g/mol. The number of hydrogen-bond acceptors (Lipinski definition) is 5. The van der Waals surface area contributed by atoms with Crippen molar-refractivity contribution < 1.29 is 14.3 Å². The first-order valence-electron chi connectivity index (χ1n) is 8.11. The third-order valence-corrected chi connectivity index (χ3v) is 4.87. The smallest absolute Gasteiger partial charge is 0.325 e. The molecule has 5 nitrogen and oxygen atoms in total. The standard InChI is InChI=1S/C16H30N2O3/c1-12(18-9-7-14(20-3)8-10-18)11-16(2,15(19)21-4)17-13-5-6-13/h12-14,17H,5-11H2,1-4H3. The van der Waals surface area contributed by atoms with Gasteiger partial charge < -0.3 is 14.4 Å². The van der Waals surface area contributed by atoms with Crippen molar-refractivity contribution in [3.8, 4) is 0 Å². The average Bonchev–Trinajstić information content (AvgIpc) is 3.29. The second kappa shape index (κ2) is 7.07. The van der Waals surface area contributed by atoms with Crippen molar-refractivity contribution in [1.29, 1.82) is 0 Å². The van der Waals surface area contributed by atoms with Crippen molar-refractivity contribution in [1.82, 2.24) is 10.2 Å². The number of likely N-dealkylation sites (tertiary alicyclic amines) is 1. The van der Waals surface area contributed by atoms with Gasteiger partial charge >= 0.3 is 5.97 Å². The monoisotopic (exact) mass is 298 g/mol. The predicted octanol–water partition coefficient (Wildman–Crippen LogP) is 1.56. The molecule has 1 saturated heterocycles. The molecule has 21 heavy (non-hydrogen) atoms. The molecule has 2 atom stereocenters. The Hall–Kier alpha value is -0.650. The van der Waals surface area contributed by atoms with E-state index in [9.17, 15) is 4.79 Å². The van der Waals surface area contributed by atoms with Gasteiger partial charge in [0.2, 0.25) is 0 Å². The Morgan fingerprint density at radius 2 is 1.90 bits per heavy atom. The maximum Gasteiger partial charge on any atom is 0.325 e. The van der Waals surface area contributed by atoms with Gasteiger partial charge in [0.15, 0.2) is 0 Å². The number of hydrogen-bond donors (Lipinski definition) is 1. The molecule has 0 spiro atoms. The van der Waals surface area contributed by atoms with Crippen LogP contribution in [0.15, 0.2) is 0 Å². The Labute approximate surface area is 128 Å². The van der Waals surface area contributed by atoms with Gasteiger partial charge in [0, 0.05) is 32.3 Å². The highest BCUT2D eigenvalue weighted by molar-refractivity contribution is 5.80. The van der Waals surface area contributed by atoms with Crippen molar-refractivity contribution >= 4 is 5.97 Å². The lowest BCUT2D eigenvalue weighted by molar-refractivity contribution is -0.149. The van der Waals surface area contributed by atoms with Crippen molar-refractivity contribution in [2.24, 2.45) is 0 Å². The molecule has 2 aliphatic rings. The second-order valence-electron chi connectivity index (χ2n) is 6.77. The second-order valence-corrected chi connectivity index (χ2v) is 6.77. The zero-order chi connectivity index (χ0) is 15.5. The summed E-state index contributed by atoms with van der Waals surface area (Å²) in [5, 5.41) is 3.48.